The van der Waals surface area contributed by atoms with Gasteiger partial charge in [0, 0.05) is 23.7 Å². The zero-order valence-electron chi connectivity index (χ0n) is 15.9. The number of benzene rings is 2. The predicted octanol–water partition coefficient (Wildman–Crippen LogP) is 3.50. The average Bonchev–Trinajstić information content (AvgIpc) is 2.67. The van der Waals surface area contributed by atoms with Gasteiger partial charge >= 0.3 is 11.7 Å². The molecule has 0 aromatic heterocycles. The minimum atomic E-state index is -1.03. The Morgan fingerprint density at radius 3 is 2.52 bits per heavy atom. The number of hydrogen-bond donors (Lipinski definition) is 1. The van der Waals surface area contributed by atoms with Crippen LogP contribution >= 0.6 is 0 Å². The van der Waals surface area contributed by atoms with E-state index in [9.17, 15) is 28.9 Å². The number of nitrogens with zero attached hydrogens (tertiary/aromatic N) is 1. The summed E-state index contributed by atoms with van der Waals surface area (Å²) in [7, 11) is 0. The second-order valence-electron chi connectivity index (χ2n) is 6.37. The van der Waals surface area contributed by atoms with Crippen LogP contribution in [0.15, 0.2) is 36.4 Å². The van der Waals surface area contributed by atoms with E-state index in [0.717, 1.165) is 29.3 Å². The molecule has 0 aliphatic heterocycles. The Bertz CT molecular complexity index is 973. The van der Waals surface area contributed by atoms with Crippen LogP contribution in [0, 0.1) is 29.8 Å². The van der Waals surface area contributed by atoms with Crippen molar-refractivity contribution in [2.24, 2.45) is 0 Å². The summed E-state index contributed by atoms with van der Waals surface area (Å²) in [5, 5.41) is 13.0. The van der Waals surface area contributed by atoms with E-state index in [2.05, 4.69) is 5.32 Å². The molecular formula is C20H19FN2O6. The number of anilines is 1. The Kier molecular flexibility index (Phi) is 7.13. The van der Waals surface area contributed by atoms with E-state index in [1.807, 2.05) is 19.1 Å². The van der Waals surface area contributed by atoms with Crippen molar-refractivity contribution >= 4 is 29.0 Å². The number of nitrogens with one attached hydrogen (secondary N) is 1. The number of carbonyl (C=O) groups excluding carboxylic acids is 3. The summed E-state index contributed by atoms with van der Waals surface area (Å²) in [4.78, 5) is 45.6. The molecule has 0 aliphatic carbocycles. The van der Waals surface area contributed by atoms with Gasteiger partial charge in [0.2, 0.25) is 5.82 Å². The molecule has 0 spiro atoms. The van der Waals surface area contributed by atoms with E-state index >= 15 is 0 Å². The van der Waals surface area contributed by atoms with Crippen LogP contribution in [0.1, 0.15) is 34.3 Å². The maximum absolute atomic E-state index is 13.3. The number of nitro groups is 1. The van der Waals surface area contributed by atoms with Crippen molar-refractivity contribution < 1.29 is 28.4 Å². The molecule has 2 rings (SSSR count). The molecule has 0 radical (unpaired) electrons. The highest BCUT2D eigenvalue weighted by Gasteiger charge is 2.17. The van der Waals surface area contributed by atoms with Gasteiger partial charge in [-0.2, -0.15) is 4.39 Å². The van der Waals surface area contributed by atoms with Gasteiger partial charge in [0.15, 0.2) is 12.4 Å². The summed E-state index contributed by atoms with van der Waals surface area (Å²) in [6.45, 7) is 3.02. The molecule has 2 aromatic rings. The monoisotopic (exact) mass is 402 g/mol. The molecule has 0 fully saturated rings. The molecular weight excluding hydrogens is 383 g/mol. The van der Waals surface area contributed by atoms with Gasteiger partial charge in [0.1, 0.15) is 0 Å². The molecule has 8 nitrogen and oxygen atoms in total. The Morgan fingerprint density at radius 2 is 1.83 bits per heavy atom. The molecule has 1 N–H and O–H groups in total. The SMILES string of the molecule is Cc1ccc(C)c(C(=O)CCC(=O)OCC(=O)Nc2ccc(F)c([N+](=O)[O-])c2)c1. The topological polar surface area (TPSA) is 116 Å². The van der Waals surface area contributed by atoms with Gasteiger partial charge in [0.05, 0.1) is 11.3 Å². The average molecular weight is 402 g/mol. The summed E-state index contributed by atoms with van der Waals surface area (Å²) < 4.78 is 18.1. The Hall–Kier alpha value is -3.62. The van der Waals surface area contributed by atoms with Crippen LogP contribution in [0.2, 0.25) is 0 Å². The number of aryl methyl sites for hydroxylation is 2. The first-order chi connectivity index (χ1) is 13.7. The number of halogens is 1. The van der Waals surface area contributed by atoms with Crippen molar-refractivity contribution in [2.75, 3.05) is 11.9 Å². The second kappa shape index (κ2) is 9.54. The molecule has 9 heteroatoms. The fourth-order valence-corrected chi connectivity index (χ4v) is 2.53. The molecule has 0 aliphatic rings. The van der Waals surface area contributed by atoms with Gasteiger partial charge in [-0.05, 0) is 37.6 Å². The van der Waals surface area contributed by atoms with Gasteiger partial charge in [0.25, 0.3) is 5.91 Å². The second-order valence-corrected chi connectivity index (χ2v) is 6.37. The van der Waals surface area contributed by atoms with E-state index in [-0.39, 0.29) is 24.3 Å². The van der Waals surface area contributed by atoms with E-state index < -0.39 is 34.9 Å². The standard InChI is InChI=1S/C20H19FN2O6/c1-12-3-4-13(2)15(9-12)18(24)7-8-20(26)29-11-19(25)22-14-5-6-16(21)17(10-14)23(27)28/h3-6,9-10H,7-8,11H2,1-2H3,(H,22,25). The van der Waals surface area contributed by atoms with E-state index in [4.69, 9.17) is 4.74 Å². The van der Waals surface area contributed by atoms with Crippen LogP contribution < -0.4 is 5.32 Å². The van der Waals surface area contributed by atoms with Crippen molar-refractivity contribution in [1.82, 2.24) is 0 Å². The summed E-state index contributed by atoms with van der Waals surface area (Å²) in [6.07, 6.45) is -0.254. The lowest BCUT2D eigenvalue weighted by Gasteiger charge is -2.08. The number of ketones is 1. The van der Waals surface area contributed by atoms with Crippen LogP contribution in [-0.4, -0.2) is 29.2 Å². The zero-order chi connectivity index (χ0) is 21.6. The van der Waals surface area contributed by atoms with Crippen LogP contribution in [0.25, 0.3) is 0 Å². The van der Waals surface area contributed by atoms with Gasteiger partial charge in [-0.1, -0.05) is 17.7 Å². The Morgan fingerprint density at radius 1 is 1.10 bits per heavy atom. The van der Waals surface area contributed by atoms with Crippen molar-refractivity contribution in [3.63, 3.8) is 0 Å². The normalized spacial score (nSPS) is 10.3. The third-order valence-electron chi connectivity index (χ3n) is 4.04. The molecule has 0 saturated carbocycles. The minimum Gasteiger partial charge on any atom is -0.456 e. The lowest BCUT2D eigenvalue weighted by Crippen LogP contribution is -2.21. The van der Waals surface area contributed by atoms with Gasteiger partial charge in [-0.3, -0.25) is 24.5 Å². The van der Waals surface area contributed by atoms with Crippen LogP contribution in [0.5, 0.6) is 0 Å². The van der Waals surface area contributed by atoms with Crippen molar-refractivity contribution in [2.45, 2.75) is 26.7 Å². The Labute approximate surface area is 165 Å². The minimum absolute atomic E-state index is 0.00995. The summed E-state index contributed by atoms with van der Waals surface area (Å²) in [5.74, 6) is -2.72. The highest BCUT2D eigenvalue weighted by Crippen LogP contribution is 2.21. The van der Waals surface area contributed by atoms with Crippen molar-refractivity contribution in [1.29, 1.82) is 0 Å². The summed E-state index contributed by atoms with van der Waals surface area (Å²) in [6, 6.07) is 8.31. The quantitative estimate of drug-likeness (QED) is 0.313. The smallest absolute Gasteiger partial charge is 0.306 e. The molecule has 2 aromatic carbocycles. The molecule has 152 valence electrons. The van der Waals surface area contributed by atoms with Crippen molar-refractivity contribution in [3.05, 3.63) is 69.0 Å². The first kappa shape index (κ1) is 21.7. The lowest BCUT2D eigenvalue weighted by molar-refractivity contribution is -0.387. The third-order valence-corrected chi connectivity index (χ3v) is 4.04. The van der Waals surface area contributed by atoms with Crippen LogP contribution in [-0.2, 0) is 14.3 Å². The van der Waals surface area contributed by atoms with Crippen molar-refractivity contribution in [3.8, 4) is 0 Å². The molecule has 0 bridgehead atoms. The molecule has 0 heterocycles. The van der Waals surface area contributed by atoms with E-state index in [1.54, 1.807) is 13.0 Å². The first-order valence-electron chi connectivity index (χ1n) is 8.67. The molecule has 1 amide bonds. The van der Waals surface area contributed by atoms with Gasteiger partial charge in [-0.15, -0.1) is 0 Å². The number of nitro benzene ring substituents is 1. The van der Waals surface area contributed by atoms with Gasteiger partial charge < -0.3 is 10.1 Å². The lowest BCUT2D eigenvalue weighted by atomic mass is 9.99. The predicted molar refractivity (Wildman–Crippen MR) is 102 cm³/mol. The number of hydrogen-bond acceptors (Lipinski definition) is 6. The molecule has 29 heavy (non-hydrogen) atoms. The Balaban J connectivity index is 1.82. The fourth-order valence-electron chi connectivity index (χ4n) is 2.53. The number of amides is 1. The maximum Gasteiger partial charge on any atom is 0.306 e. The molecule has 0 atom stereocenters. The molecule has 0 saturated heterocycles. The number of Topliss-reactive ketones (excluding diaryl/α,β-unsaturated/α-hetero) is 1. The number of carbonyl (C=O) groups is 3. The van der Waals surface area contributed by atoms with Gasteiger partial charge in [-0.25, -0.2) is 0 Å². The van der Waals surface area contributed by atoms with E-state index in [1.165, 1.54) is 0 Å². The molecule has 0 unspecified atom stereocenters. The zero-order valence-corrected chi connectivity index (χ0v) is 15.9. The highest BCUT2D eigenvalue weighted by molar-refractivity contribution is 5.99. The maximum atomic E-state index is 13.3. The van der Waals surface area contributed by atoms with Crippen LogP contribution in [0.3, 0.4) is 0 Å². The highest BCUT2D eigenvalue weighted by atomic mass is 19.1. The largest absolute Gasteiger partial charge is 0.456 e. The third kappa shape index (κ3) is 6.20. The first-order valence-corrected chi connectivity index (χ1v) is 8.67. The number of ether oxygens (including phenoxy) is 1. The summed E-state index contributed by atoms with van der Waals surface area (Å²) >= 11 is 0. The summed E-state index contributed by atoms with van der Waals surface area (Å²) in [5.41, 5.74) is 1.48. The number of esters is 1. The number of rotatable bonds is 8. The fraction of sp³-hybridized carbons (Fsp3) is 0.250. The van der Waals surface area contributed by atoms with Crippen LogP contribution in [0.4, 0.5) is 15.8 Å². The van der Waals surface area contributed by atoms with E-state index in [0.29, 0.717) is 5.56 Å².